The fourth-order valence-electron chi connectivity index (χ4n) is 3.80. The predicted molar refractivity (Wildman–Crippen MR) is 98.2 cm³/mol. The molecule has 0 aliphatic carbocycles. The van der Waals surface area contributed by atoms with E-state index in [-0.39, 0.29) is 23.1 Å². The number of nitrogens with zero attached hydrogens (tertiary/aromatic N) is 2. The molecule has 1 aromatic rings. The van der Waals surface area contributed by atoms with Gasteiger partial charge in [0.25, 0.3) is 0 Å². The van der Waals surface area contributed by atoms with Crippen molar-refractivity contribution in [3.05, 3.63) is 35.9 Å². The Balaban J connectivity index is 2.39. The smallest absolute Gasteiger partial charge is 0.102 e. The zero-order valence-electron chi connectivity index (χ0n) is 15.9. The third kappa shape index (κ3) is 3.22. The van der Waals surface area contributed by atoms with Crippen molar-refractivity contribution in [1.82, 2.24) is 5.06 Å². The third-order valence-corrected chi connectivity index (χ3v) is 6.09. The summed E-state index contributed by atoms with van der Waals surface area (Å²) in [6.45, 7) is 13.0. The van der Waals surface area contributed by atoms with E-state index in [4.69, 9.17) is 4.84 Å². The minimum absolute atomic E-state index is 0.0252. The monoisotopic (exact) mass is 332 g/mol. The van der Waals surface area contributed by atoms with Crippen LogP contribution in [0.4, 0.5) is 0 Å². The SMILES string of the molecule is CCC1(C)C/C(=N\O)C(C)C(C)(CC)N1OC(C)c1ccccc1. The van der Waals surface area contributed by atoms with Crippen LogP contribution in [0.1, 0.15) is 72.5 Å². The second-order valence-electron chi connectivity index (χ2n) is 7.50. The Morgan fingerprint density at radius 2 is 1.88 bits per heavy atom. The van der Waals surface area contributed by atoms with Crippen molar-refractivity contribution in [3.8, 4) is 0 Å². The Labute approximate surface area is 146 Å². The maximum absolute atomic E-state index is 9.49. The van der Waals surface area contributed by atoms with Gasteiger partial charge in [-0.3, -0.25) is 4.84 Å². The number of hydroxylamine groups is 2. The molecule has 24 heavy (non-hydrogen) atoms. The zero-order valence-corrected chi connectivity index (χ0v) is 15.9. The van der Waals surface area contributed by atoms with Crippen LogP contribution in [0.3, 0.4) is 0 Å². The first-order chi connectivity index (χ1) is 11.3. The largest absolute Gasteiger partial charge is 0.411 e. The van der Waals surface area contributed by atoms with Gasteiger partial charge in [-0.2, -0.15) is 5.06 Å². The van der Waals surface area contributed by atoms with E-state index in [1.54, 1.807) is 0 Å². The van der Waals surface area contributed by atoms with Gasteiger partial charge >= 0.3 is 0 Å². The Morgan fingerprint density at radius 1 is 1.25 bits per heavy atom. The molecule has 0 amide bonds. The van der Waals surface area contributed by atoms with Gasteiger partial charge < -0.3 is 5.21 Å². The molecular formula is C20H32N2O2. The zero-order chi connectivity index (χ0) is 18.0. The molecule has 2 rings (SSSR count). The molecule has 1 aliphatic rings. The Kier molecular flexibility index (Phi) is 5.71. The highest BCUT2D eigenvalue weighted by molar-refractivity contribution is 5.89. The van der Waals surface area contributed by atoms with Crippen LogP contribution in [0.25, 0.3) is 0 Å². The summed E-state index contributed by atoms with van der Waals surface area (Å²) in [5, 5.41) is 15.3. The van der Waals surface area contributed by atoms with Gasteiger partial charge in [0.1, 0.15) is 6.10 Å². The number of hydrogen-bond donors (Lipinski definition) is 1. The molecule has 1 aromatic carbocycles. The Bertz CT molecular complexity index is 574. The van der Waals surface area contributed by atoms with Crippen molar-refractivity contribution in [1.29, 1.82) is 0 Å². The first-order valence-electron chi connectivity index (χ1n) is 9.05. The van der Waals surface area contributed by atoms with E-state index < -0.39 is 0 Å². The molecule has 0 spiro atoms. The minimum Gasteiger partial charge on any atom is -0.411 e. The first-order valence-corrected chi connectivity index (χ1v) is 9.05. The van der Waals surface area contributed by atoms with E-state index in [9.17, 15) is 5.21 Å². The van der Waals surface area contributed by atoms with Gasteiger partial charge in [0.15, 0.2) is 0 Å². The number of benzene rings is 1. The van der Waals surface area contributed by atoms with Crippen LogP contribution in [-0.2, 0) is 4.84 Å². The summed E-state index contributed by atoms with van der Waals surface area (Å²) in [4.78, 5) is 6.55. The minimum atomic E-state index is -0.215. The van der Waals surface area contributed by atoms with E-state index in [0.717, 1.165) is 25.0 Å². The van der Waals surface area contributed by atoms with Gasteiger partial charge in [0, 0.05) is 17.9 Å². The van der Waals surface area contributed by atoms with E-state index in [1.807, 2.05) is 18.2 Å². The average molecular weight is 332 g/mol. The quantitative estimate of drug-likeness (QED) is 0.596. The molecule has 4 nitrogen and oxygen atoms in total. The normalized spacial score (nSPS) is 34.4. The Hall–Kier alpha value is -1.39. The maximum Gasteiger partial charge on any atom is 0.102 e. The fourth-order valence-corrected chi connectivity index (χ4v) is 3.80. The summed E-state index contributed by atoms with van der Waals surface area (Å²) < 4.78 is 0. The lowest BCUT2D eigenvalue weighted by Gasteiger charge is -2.57. The molecule has 1 aliphatic heterocycles. The molecule has 0 radical (unpaired) electrons. The summed E-state index contributed by atoms with van der Waals surface area (Å²) >= 11 is 0. The molecule has 0 bridgehead atoms. The van der Waals surface area contributed by atoms with Gasteiger partial charge in [-0.1, -0.05) is 56.3 Å². The van der Waals surface area contributed by atoms with E-state index in [0.29, 0.717) is 0 Å². The maximum atomic E-state index is 9.49. The number of piperidine rings is 1. The van der Waals surface area contributed by atoms with Crippen LogP contribution in [0.15, 0.2) is 35.5 Å². The van der Waals surface area contributed by atoms with Gasteiger partial charge in [-0.05, 0) is 39.2 Å². The van der Waals surface area contributed by atoms with Crippen LogP contribution < -0.4 is 0 Å². The highest BCUT2D eigenvalue weighted by Gasteiger charge is 2.53. The van der Waals surface area contributed by atoms with Crippen molar-refractivity contribution < 1.29 is 10.0 Å². The van der Waals surface area contributed by atoms with E-state index in [2.05, 4.69) is 63.9 Å². The van der Waals surface area contributed by atoms with Gasteiger partial charge in [0.2, 0.25) is 0 Å². The van der Waals surface area contributed by atoms with E-state index in [1.165, 1.54) is 5.56 Å². The summed E-state index contributed by atoms with van der Waals surface area (Å²) in [6, 6.07) is 10.3. The summed E-state index contributed by atoms with van der Waals surface area (Å²) in [7, 11) is 0. The van der Waals surface area contributed by atoms with Crippen LogP contribution in [0, 0.1) is 5.92 Å². The van der Waals surface area contributed by atoms with E-state index >= 15 is 0 Å². The first kappa shape index (κ1) is 18.9. The predicted octanol–water partition coefficient (Wildman–Crippen LogP) is 5.19. The second kappa shape index (κ2) is 7.24. The number of oxime groups is 1. The van der Waals surface area contributed by atoms with Crippen molar-refractivity contribution in [2.24, 2.45) is 11.1 Å². The fraction of sp³-hybridized carbons (Fsp3) is 0.650. The number of rotatable bonds is 5. The van der Waals surface area contributed by atoms with Crippen LogP contribution in [0.2, 0.25) is 0 Å². The highest BCUT2D eigenvalue weighted by Crippen LogP contribution is 2.45. The molecule has 1 heterocycles. The average Bonchev–Trinajstić information content (AvgIpc) is 2.62. The molecule has 0 aromatic heterocycles. The van der Waals surface area contributed by atoms with Crippen molar-refractivity contribution in [3.63, 3.8) is 0 Å². The molecule has 1 fully saturated rings. The second-order valence-corrected chi connectivity index (χ2v) is 7.50. The summed E-state index contributed by atoms with van der Waals surface area (Å²) in [6.07, 6.45) is 2.54. The molecule has 0 saturated carbocycles. The highest BCUT2D eigenvalue weighted by atomic mass is 16.7. The van der Waals surface area contributed by atoms with Crippen molar-refractivity contribution in [2.75, 3.05) is 0 Å². The molecule has 4 unspecified atom stereocenters. The molecule has 1 saturated heterocycles. The summed E-state index contributed by atoms with van der Waals surface area (Å²) in [5.74, 6) is 0.134. The number of hydrogen-bond acceptors (Lipinski definition) is 4. The lowest BCUT2D eigenvalue weighted by molar-refractivity contribution is -0.310. The van der Waals surface area contributed by atoms with Gasteiger partial charge in [0.05, 0.1) is 11.3 Å². The molecule has 4 heteroatoms. The van der Waals surface area contributed by atoms with Crippen molar-refractivity contribution in [2.45, 2.75) is 78.0 Å². The molecule has 134 valence electrons. The van der Waals surface area contributed by atoms with Crippen LogP contribution in [0.5, 0.6) is 0 Å². The lowest BCUT2D eigenvalue weighted by atomic mass is 9.70. The summed E-state index contributed by atoms with van der Waals surface area (Å²) in [5.41, 5.74) is 1.63. The lowest BCUT2D eigenvalue weighted by Crippen LogP contribution is -2.66. The molecule has 4 atom stereocenters. The molecule has 1 N–H and O–H groups in total. The Morgan fingerprint density at radius 3 is 2.38 bits per heavy atom. The van der Waals surface area contributed by atoms with Gasteiger partial charge in [-0.15, -0.1) is 0 Å². The van der Waals surface area contributed by atoms with Gasteiger partial charge in [-0.25, -0.2) is 0 Å². The standard InChI is InChI=1S/C20H32N2O2/c1-7-19(5)14-18(21-23)15(3)20(6,8-2)22(19)24-16(4)17-12-10-9-11-13-17/h9-13,15-16,23H,7-8,14H2,1-6H3/b21-18+. The van der Waals surface area contributed by atoms with Crippen LogP contribution >= 0.6 is 0 Å². The van der Waals surface area contributed by atoms with Crippen molar-refractivity contribution >= 4 is 5.71 Å². The third-order valence-electron chi connectivity index (χ3n) is 6.09. The molecular weight excluding hydrogens is 300 g/mol. The van der Waals surface area contributed by atoms with Crippen LogP contribution in [-0.4, -0.2) is 27.1 Å². The topological polar surface area (TPSA) is 45.1 Å².